The number of halogens is 2. The van der Waals surface area contributed by atoms with Crippen molar-refractivity contribution in [3.05, 3.63) is 33.7 Å². The van der Waals surface area contributed by atoms with Crippen LogP contribution in [0, 0.1) is 5.82 Å². The highest BCUT2D eigenvalue weighted by molar-refractivity contribution is 9.10. The number of fused-ring (bicyclic) bond motifs is 3. The zero-order valence-electron chi connectivity index (χ0n) is 13.5. The summed E-state index contributed by atoms with van der Waals surface area (Å²) in [7, 11) is 1.42. The molecule has 0 bridgehead atoms. The van der Waals surface area contributed by atoms with E-state index in [-0.39, 0.29) is 17.2 Å². The summed E-state index contributed by atoms with van der Waals surface area (Å²) in [6, 6.07) is 3.22. The van der Waals surface area contributed by atoms with E-state index in [1.54, 1.807) is 6.07 Å². The molecule has 0 radical (unpaired) electrons. The van der Waals surface area contributed by atoms with Crippen molar-refractivity contribution in [2.75, 3.05) is 7.11 Å². The molecule has 1 aromatic carbocycles. The fraction of sp³-hybridized carbons (Fsp3) is 0.500. The van der Waals surface area contributed by atoms with Crippen LogP contribution in [0.25, 0.3) is 10.9 Å². The van der Waals surface area contributed by atoms with Crippen LogP contribution in [-0.4, -0.2) is 18.1 Å². The van der Waals surface area contributed by atoms with Crippen LogP contribution in [0.15, 0.2) is 16.6 Å². The quantitative estimate of drug-likeness (QED) is 0.756. The van der Waals surface area contributed by atoms with Gasteiger partial charge in [-0.2, -0.15) is 0 Å². The van der Waals surface area contributed by atoms with Gasteiger partial charge >= 0.3 is 5.97 Å². The lowest BCUT2D eigenvalue weighted by Crippen LogP contribution is -2.34. The largest absolute Gasteiger partial charge is 0.469 e. The summed E-state index contributed by atoms with van der Waals surface area (Å²) in [4.78, 5) is 15.3. The normalized spacial score (nSPS) is 20.5. The van der Waals surface area contributed by atoms with Gasteiger partial charge < -0.3 is 9.72 Å². The maximum Gasteiger partial charge on any atom is 0.306 e. The Morgan fingerprint density at radius 3 is 2.96 bits per heavy atom. The molecule has 0 fully saturated rings. The number of nitrogens with one attached hydrogen (secondary N) is 1. The minimum absolute atomic E-state index is 0.204. The SMILES string of the molecule is CCCC1(CC(=O)OC)CCCc2c1[nH]c1c(F)ccc(Br)c21. The zero-order valence-corrected chi connectivity index (χ0v) is 15.1. The molecule has 23 heavy (non-hydrogen) atoms. The second kappa shape index (κ2) is 6.27. The van der Waals surface area contributed by atoms with Gasteiger partial charge in [-0.05, 0) is 43.4 Å². The molecule has 1 aliphatic rings. The molecule has 0 saturated carbocycles. The van der Waals surface area contributed by atoms with E-state index in [4.69, 9.17) is 4.74 Å². The molecular formula is C18H21BrFNO2. The number of aromatic amines is 1. The Labute approximate surface area is 143 Å². The van der Waals surface area contributed by atoms with Crippen molar-refractivity contribution >= 4 is 32.8 Å². The first kappa shape index (κ1) is 16.5. The van der Waals surface area contributed by atoms with Crippen LogP contribution in [0.5, 0.6) is 0 Å². The summed E-state index contributed by atoms with van der Waals surface area (Å²) >= 11 is 3.55. The predicted octanol–water partition coefficient (Wildman–Crippen LogP) is 5.01. The molecule has 1 aromatic heterocycles. The van der Waals surface area contributed by atoms with Crippen molar-refractivity contribution in [1.82, 2.24) is 4.98 Å². The maximum absolute atomic E-state index is 14.3. The molecule has 1 aliphatic carbocycles. The number of aromatic nitrogens is 1. The van der Waals surface area contributed by atoms with E-state index in [2.05, 4.69) is 27.8 Å². The van der Waals surface area contributed by atoms with E-state index < -0.39 is 0 Å². The van der Waals surface area contributed by atoms with Gasteiger partial charge in [0.25, 0.3) is 0 Å². The number of hydrogen-bond donors (Lipinski definition) is 1. The van der Waals surface area contributed by atoms with Crippen LogP contribution >= 0.6 is 15.9 Å². The van der Waals surface area contributed by atoms with Gasteiger partial charge in [-0.25, -0.2) is 4.39 Å². The third-order valence-corrected chi connectivity index (χ3v) is 5.67. The number of rotatable bonds is 4. The van der Waals surface area contributed by atoms with Gasteiger partial charge in [0, 0.05) is 21.0 Å². The number of benzene rings is 1. The molecule has 0 saturated heterocycles. The summed E-state index contributed by atoms with van der Waals surface area (Å²) in [5, 5.41) is 0.921. The number of methoxy groups -OCH3 is 1. The maximum atomic E-state index is 14.3. The van der Waals surface area contributed by atoms with E-state index in [0.717, 1.165) is 53.2 Å². The van der Waals surface area contributed by atoms with Crippen LogP contribution in [0.1, 0.15) is 50.3 Å². The van der Waals surface area contributed by atoms with E-state index in [1.807, 2.05) is 0 Å². The number of H-pyrrole nitrogens is 1. The van der Waals surface area contributed by atoms with Gasteiger partial charge in [-0.1, -0.05) is 29.3 Å². The number of aryl methyl sites for hydroxylation is 1. The summed E-state index contributed by atoms with van der Waals surface area (Å²) in [5.41, 5.74) is 2.43. The van der Waals surface area contributed by atoms with Crippen LogP contribution in [0.4, 0.5) is 4.39 Å². The summed E-state index contributed by atoms with van der Waals surface area (Å²) in [6.45, 7) is 2.12. The first-order valence-corrected chi connectivity index (χ1v) is 8.87. The van der Waals surface area contributed by atoms with Crippen molar-refractivity contribution in [3.8, 4) is 0 Å². The standard InChI is InChI=1S/C18H21BrFNO2/c1-3-8-18(10-14(22)23-2)9-4-5-11-15-12(19)6-7-13(20)16(15)21-17(11)18/h6-7,21H,3-5,8-10H2,1-2H3. The van der Waals surface area contributed by atoms with Gasteiger partial charge in [-0.3, -0.25) is 4.79 Å². The highest BCUT2D eigenvalue weighted by Gasteiger charge is 2.40. The van der Waals surface area contributed by atoms with E-state index in [9.17, 15) is 9.18 Å². The molecule has 1 unspecified atom stereocenters. The van der Waals surface area contributed by atoms with Gasteiger partial charge in [0.2, 0.25) is 0 Å². The van der Waals surface area contributed by atoms with E-state index >= 15 is 0 Å². The highest BCUT2D eigenvalue weighted by atomic mass is 79.9. The number of esters is 1. The summed E-state index contributed by atoms with van der Waals surface area (Å²) < 4.78 is 20.1. The lowest BCUT2D eigenvalue weighted by molar-refractivity contribution is -0.142. The summed E-state index contributed by atoms with van der Waals surface area (Å²) in [6.07, 6.45) is 5.03. The number of ether oxygens (including phenoxy) is 1. The predicted molar refractivity (Wildman–Crippen MR) is 92.1 cm³/mol. The van der Waals surface area contributed by atoms with Crippen molar-refractivity contribution in [1.29, 1.82) is 0 Å². The Hall–Kier alpha value is -1.36. The third kappa shape index (κ3) is 2.69. The Kier molecular flexibility index (Phi) is 4.50. The van der Waals surface area contributed by atoms with Crippen LogP contribution in [-0.2, 0) is 21.4 Å². The Bertz CT molecular complexity index is 755. The van der Waals surface area contributed by atoms with Gasteiger partial charge in [0.05, 0.1) is 19.0 Å². The lowest BCUT2D eigenvalue weighted by Gasteiger charge is -2.36. The smallest absolute Gasteiger partial charge is 0.306 e. The first-order chi connectivity index (χ1) is 11.0. The van der Waals surface area contributed by atoms with E-state index in [0.29, 0.717) is 11.9 Å². The minimum Gasteiger partial charge on any atom is -0.469 e. The molecule has 0 amide bonds. The molecule has 0 spiro atoms. The van der Waals surface area contributed by atoms with Crippen molar-refractivity contribution in [2.45, 2.75) is 50.9 Å². The molecule has 5 heteroatoms. The number of hydrogen-bond acceptors (Lipinski definition) is 2. The zero-order chi connectivity index (χ0) is 16.6. The minimum atomic E-state index is -0.277. The van der Waals surface area contributed by atoms with E-state index in [1.165, 1.54) is 13.2 Å². The molecule has 2 aromatic rings. The Morgan fingerprint density at radius 1 is 1.48 bits per heavy atom. The Balaban J connectivity index is 2.22. The van der Waals surface area contributed by atoms with Gasteiger partial charge in [-0.15, -0.1) is 0 Å². The van der Waals surface area contributed by atoms with Crippen molar-refractivity contribution < 1.29 is 13.9 Å². The highest BCUT2D eigenvalue weighted by Crippen LogP contribution is 2.47. The monoisotopic (exact) mass is 381 g/mol. The topological polar surface area (TPSA) is 42.1 Å². The second-order valence-corrected chi connectivity index (χ2v) is 7.25. The van der Waals surface area contributed by atoms with Crippen LogP contribution < -0.4 is 0 Å². The summed E-state index contributed by atoms with van der Waals surface area (Å²) in [5.74, 6) is -0.453. The van der Waals surface area contributed by atoms with Crippen LogP contribution in [0.3, 0.4) is 0 Å². The number of carbonyl (C=O) groups excluding carboxylic acids is 1. The molecule has 3 nitrogen and oxygen atoms in total. The molecule has 1 N–H and O–H groups in total. The number of carbonyl (C=O) groups is 1. The Morgan fingerprint density at radius 2 is 2.26 bits per heavy atom. The molecule has 3 rings (SSSR count). The third-order valence-electron chi connectivity index (χ3n) is 5.01. The first-order valence-electron chi connectivity index (χ1n) is 8.08. The average Bonchev–Trinajstić information content (AvgIpc) is 2.94. The lowest BCUT2D eigenvalue weighted by atomic mass is 9.68. The fourth-order valence-electron chi connectivity index (χ4n) is 4.07. The molecule has 0 aliphatic heterocycles. The molecule has 1 heterocycles. The molecule has 1 atom stereocenters. The second-order valence-electron chi connectivity index (χ2n) is 6.39. The van der Waals surface area contributed by atoms with Crippen molar-refractivity contribution in [2.24, 2.45) is 0 Å². The van der Waals surface area contributed by atoms with Crippen molar-refractivity contribution in [3.63, 3.8) is 0 Å². The van der Waals surface area contributed by atoms with Crippen LogP contribution in [0.2, 0.25) is 0 Å². The van der Waals surface area contributed by atoms with Gasteiger partial charge in [0.1, 0.15) is 5.82 Å². The molecule has 124 valence electrons. The average molecular weight is 382 g/mol. The fourth-order valence-corrected chi connectivity index (χ4v) is 4.64. The van der Waals surface area contributed by atoms with Gasteiger partial charge in [0.15, 0.2) is 0 Å². The molecular weight excluding hydrogens is 361 g/mol.